The highest BCUT2D eigenvalue weighted by atomic mass is 35.5. The van der Waals surface area contributed by atoms with Gasteiger partial charge >= 0.3 is 0 Å². The van der Waals surface area contributed by atoms with E-state index in [1.807, 2.05) is 24.3 Å². The van der Waals surface area contributed by atoms with E-state index in [1.165, 1.54) is 4.68 Å². The number of hydrogen-bond donors (Lipinski definition) is 1. The van der Waals surface area contributed by atoms with E-state index in [0.717, 1.165) is 21.4 Å². The zero-order chi connectivity index (χ0) is 11.5. The lowest BCUT2D eigenvalue weighted by Crippen LogP contribution is -2.09. The molecule has 1 N–H and O–H groups in total. The topological polar surface area (TPSA) is 37.8 Å². The van der Waals surface area contributed by atoms with Crippen LogP contribution in [-0.2, 0) is 12.8 Å². The van der Waals surface area contributed by atoms with Crippen molar-refractivity contribution in [2.45, 2.75) is 10.6 Å². The average Bonchev–Trinajstić information content (AvgIpc) is 2.56. The lowest BCUT2D eigenvalue weighted by atomic mass is 10.4. The predicted molar refractivity (Wildman–Crippen MR) is 67.0 cm³/mol. The molecule has 2 aromatic rings. The molecular weight excluding hydrogens is 244 g/mol. The number of rotatable bonds is 3. The van der Waals surface area contributed by atoms with E-state index < -0.39 is 0 Å². The van der Waals surface area contributed by atoms with Gasteiger partial charge in [-0.05, 0) is 18.2 Å². The van der Waals surface area contributed by atoms with Crippen LogP contribution in [0.2, 0.25) is 5.02 Å². The Hall–Kier alpha value is -1.13. The minimum Gasteiger partial charge on any atom is -0.299 e. The number of H-pyrrole nitrogens is 1. The summed E-state index contributed by atoms with van der Waals surface area (Å²) >= 11 is 7.52. The van der Waals surface area contributed by atoms with Crippen LogP contribution < -0.4 is 5.56 Å². The van der Waals surface area contributed by atoms with Crippen LogP contribution in [0.3, 0.4) is 0 Å². The Morgan fingerprint density at radius 2 is 2.25 bits per heavy atom. The second-order valence-electron chi connectivity index (χ2n) is 3.42. The number of nitrogens with one attached hydrogen (secondary N) is 1. The summed E-state index contributed by atoms with van der Waals surface area (Å²) in [5.74, 6) is 0.733. The van der Waals surface area contributed by atoms with Crippen LogP contribution in [0.4, 0.5) is 0 Å². The number of aromatic amines is 1. The van der Waals surface area contributed by atoms with Gasteiger partial charge in [0.15, 0.2) is 0 Å². The molecule has 84 valence electrons. The van der Waals surface area contributed by atoms with E-state index >= 15 is 0 Å². The molecule has 1 aromatic heterocycles. The Kier molecular flexibility index (Phi) is 3.41. The standard InChI is InChI=1S/C11H11ClN2OS/c1-14-11(15)6-9(13-14)7-16-10-4-2-3-8(12)5-10/h2-6,13H,7H2,1H3. The van der Waals surface area contributed by atoms with Gasteiger partial charge in [-0.25, -0.2) is 0 Å². The second-order valence-corrected chi connectivity index (χ2v) is 4.91. The lowest BCUT2D eigenvalue weighted by Gasteiger charge is -2.00. The molecule has 1 heterocycles. The van der Waals surface area contributed by atoms with E-state index in [0.29, 0.717) is 0 Å². The maximum absolute atomic E-state index is 11.2. The minimum absolute atomic E-state index is 0.0123. The molecule has 1 aromatic carbocycles. The lowest BCUT2D eigenvalue weighted by molar-refractivity contribution is 0.729. The number of hydrogen-bond acceptors (Lipinski definition) is 2. The molecule has 2 rings (SSSR count). The summed E-state index contributed by atoms with van der Waals surface area (Å²) in [4.78, 5) is 12.3. The van der Waals surface area contributed by atoms with Gasteiger partial charge in [0.1, 0.15) is 0 Å². The van der Waals surface area contributed by atoms with Crippen LogP contribution in [0.25, 0.3) is 0 Å². The minimum atomic E-state index is -0.0123. The molecule has 0 fully saturated rings. The average molecular weight is 255 g/mol. The van der Waals surface area contributed by atoms with Crippen molar-refractivity contribution in [3.63, 3.8) is 0 Å². The molecule has 5 heteroatoms. The van der Waals surface area contributed by atoms with Crippen LogP contribution in [-0.4, -0.2) is 9.78 Å². The van der Waals surface area contributed by atoms with Crippen LogP contribution in [0.5, 0.6) is 0 Å². The summed E-state index contributed by atoms with van der Waals surface area (Å²) in [7, 11) is 1.70. The van der Waals surface area contributed by atoms with Gasteiger partial charge in [-0.15, -0.1) is 11.8 Å². The van der Waals surface area contributed by atoms with Gasteiger partial charge in [-0.3, -0.25) is 14.6 Å². The highest BCUT2D eigenvalue weighted by Crippen LogP contribution is 2.24. The predicted octanol–water partition coefficient (Wildman–Crippen LogP) is 2.66. The first-order chi connectivity index (χ1) is 7.65. The summed E-state index contributed by atoms with van der Waals surface area (Å²) < 4.78 is 1.47. The first-order valence-electron chi connectivity index (χ1n) is 4.78. The van der Waals surface area contributed by atoms with Crippen molar-refractivity contribution in [1.82, 2.24) is 9.78 Å². The quantitative estimate of drug-likeness (QED) is 0.856. The van der Waals surface area contributed by atoms with Crippen LogP contribution in [0.15, 0.2) is 40.0 Å². The second kappa shape index (κ2) is 4.80. The van der Waals surface area contributed by atoms with E-state index in [-0.39, 0.29) is 5.56 Å². The number of thioether (sulfide) groups is 1. The Balaban J connectivity index is 2.05. The third-order valence-electron chi connectivity index (χ3n) is 2.13. The molecule has 0 aliphatic heterocycles. The number of aryl methyl sites for hydroxylation is 1. The smallest absolute Gasteiger partial charge is 0.266 e. The summed E-state index contributed by atoms with van der Waals surface area (Å²) in [6.45, 7) is 0. The Bertz CT molecular complexity index is 547. The molecule has 0 radical (unpaired) electrons. The number of aromatic nitrogens is 2. The maximum Gasteiger partial charge on any atom is 0.266 e. The number of benzene rings is 1. The fourth-order valence-electron chi connectivity index (χ4n) is 1.34. The molecule has 0 bridgehead atoms. The third-order valence-corrected chi connectivity index (χ3v) is 3.41. The largest absolute Gasteiger partial charge is 0.299 e. The Labute approximate surface area is 102 Å². The van der Waals surface area contributed by atoms with Gasteiger partial charge < -0.3 is 0 Å². The van der Waals surface area contributed by atoms with Crippen LogP contribution in [0, 0.1) is 0 Å². The van der Waals surface area contributed by atoms with Crippen molar-refractivity contribution in [2.24, 2.45) is 7.05 Å². The molecule has 0 saturated carbocycles. The monoisotopic (exact) mass is 254 g/mol. The van der Waals surface area contributed by atoms with Gasteiger partial charge in [0, 0.05) is 34.5 Å². The zero-order valence-electron chi connectivity index (χ0n) is 8.74. The molecule has 0 spiro atoms. The maximum atomic E-state index is 11.2. The Morgan fingerprint density at radius 1 is 1.44 bits per heavy atom. The van der Waals surface area contributed by atoms with E-state index in [4.69, 9.17) is 11.6 Å². The van der Waals surface area contributed by atoms with Gasteiger partial charge in [-0.1, -0.05) is 17.7 Å². The first kappa shape index (κ1) is 11.4. The van der Waals surface area contributed by atoms with Gasteiger partial charge in [0.2, 0.25) is 0 Å². The highest BCUT2D eigenvalue weighted by Gasteiger charge is 2.01. The first-order valence-corrected chi connectivity index (χ1v) is 6.15. The highest BCUT2D eigenvalue weighted by molar-refractivity contribution is 7.98. The van der Waals surface area contributed by atoms with Crippen molar-refractivity contribution >= 4 is 23.4 Å². The van der Waals surface area contributed by atoms with Gasteiger partial charge in [0.25, 0.3) is 5.56 Å². The van der Waals surface area contributed by atoms with E-state index in [9.17, 15) is 4.79 Å². The molecule has 0 saturated heterocycles. The SMILES string of the molecule is Cn1[nH]c(CSc2cccc(Cl)c2)cc1=O. The molecule has 0 aliphatic rings. The van der Waals surface area contributed by atoms with Crippen molar-refractivity contribution in [2.75, 3.05) is 0 Å². The van der Waals surface area contributed by atoms with Crippen molar-refractivity contribution in [3.05, 3.63) is 51.4 Å². The number of nitrogens with zero attached hydrogens (tertiary/aromatic N) is 1. The van der Waals surface area contributed by atoms with Crippen molar-refractivity contribution in [3.8, 4) is 0 Å². The van der Waals surface area contributed by atoms with Gasteiger partial charge in [-0.2, -0.15) is 0 Å². The normalized spacial score (nSPS) is 10.6. The molecule has 0 aliphatic carbocycles. The molecular formula is C11H11ClN2OS. The van der Waals surface area contributed by atoms with E-state index in [2.05, 4.69) is 5.10 Å². The van der Waals surface area contributed by atoms with Crippen LogP contribution in [0.1, 0.15) is 5.69 Å². The Morgan fingerprint density at radius 3 is 2.88 bits per heavy atom. The fourth-order valence-corrected chi connectivity index (χ4v) is 2.45. The zero-order valence-corrected chi connectivity index (χ0v) is 10.3. The van der Waals surface area contributed by atoms with Crippen molar-refractivity contribution < 1.29 is 0 Å². The molecule has 3 nitrogen and oxygen atoms in total. The van der Waals surface area contributed by atoms with E-state index in [1.54, 1.807) is 24.9 Å². The summed E-state index contributed by atoms with van der Waals surface area (Å²) in [5.41, 5.74) is 0.902. The molecule has 0 unspecified atom stereocenters. The number of halogens is 1. The molecule has 0 amide bonds. The third kappa shape index (κ3) is 2.71. The van der Waals surface area contributed by atoms with Gasteiger partial charge in [0.05, 0.1) is 0 Å². The molecule has 16 heavy (non-hydrogen) atoms. The molecule has 0 atom stereocenters. The summed E-state index contributed by atoms with van der Waals surface area (Å²) in [6, 6.07) is 9.27. The van der Waals surface area contributed by atoms with Crippen molar-refractivity contribution in [1.29, 1.82) is 0 Å². The van der Waals surface area contributed by atoms with Crippen LogP contribution >= 0.6 is 23.4 Å². The summed E-state index contributed by atoms with van der Waals surface area (Å²) in [5, 5.41) is 3.71. The fraction of sp³-hybridized carbons (Fsp3) is 0.182. The summed E-state index contributed by atoms with van der Waals surface area (Å²) in [6.07, 6.45) is 0.